The van der Waals surface area contributed by atoms with Crippen LogP contribution in [0, 0.1) is 0 Å². The van der Waals surface area contributed by atoms with Crippen molar-refractivity contribution in [2.45, 2.75) is 19.5 Å². The number of ether oxygens (including phenoxy) is 2. The van der Waals surface area contributed by atoms with Crippen molar-refractivity contribution >= 4 is 17.5 Å². The van der Waals surface area contributed by atoms with Gasteiger partial charge >= 0.3 is 0 Å². The third-order valence-corrected chi connectivity index (χ3v) is 5.92. The maximum Gasteiger partial charge on any atom is 0.251 e. The van der Waals surface area contributed by atoms with Crippen LogP contribution in [0.2, 0.25) is 0 Å². The van der Waals surface area contributed by atoms with Gasteiger partial charge in [0, 0.05) is 30.9 Å². The second-order valence-corrected chi connectivity index (χ2v) is 8.15. The summed E-state index contributed by atoms with van der Waals surface area (Å²) in [6.07, 6.45) is 1.09. The molecule has 4 rings (SSSR count). The van der Waals surface area contributed by atoms with Crippen LogP contribution in [0.1, 0.15) is 27.0 Å². The maximum atomic E-state index is 12.4. The normalized spacial score (nSPS) is 12.1. The zero-order chi connectivity index (χ0) is 23.9. The molecule has 0 radical (unpaired) electrons. The van der Waals surface area contributed by atoms with Gasteiger partial charge in [0.05, 0.1) is 20.8 Å². The smallest absolute Gasteiger partial charge is 0.251 e. The van der Waals surface area contributed by atoms with Gasteiger partial charge < -0.3 is 25.0 Å². The van der Waals surface area contributed by atoms with E-state index in [0.29, 0.717) is 23.6 Å². The molecule has 1 aliphatic heterocycles. The average molecular weight is 460 g/mol. The van der Waals surface area contributed by atoms with E-state index in [4.69, 9.17) is 9.47 Å². The molecule has 0 atom stereocenters. The van der Waals surface area contributed by atoms with Gasteiger partial charge in [-0.1, -0.05) is 42.5 Å². The first-order valence-corrected chi connectivity index (χ1v) is 11.2. The van der Waals surface area contributed by atoms with Gasteiger partial charge in [0.1, 0.15) is 0 Å². The van der Waals surface area contributed by atoms with Crippen LogP contribution in [0.4, 0.5) is 5.69 Å². The van der Waals surface area contributed by atoms with Crippen molar-refractivity contribution in [1.82, 2.24) is 10.6 Å². The fourth-order valence-corrected chi connectivity index (χ4v) is 4.06. The summed E-state index contributed by atoms with van der Waals surface area (Å²) in [7, 11) is 3.03. The maximum absolute atomic E-state index is 12.4. The Morgan fingerprint density at radius 3 is 2.38 bits per heavy atom. The summed E-state index contributed by atoms with van der Waals surface area (Å²) in [6.45, 7) is 2.19. The Labute approximate surface area is 199 Å². The number of rotatable bonds is 9. The van der Waals surface area contributed by atoms with Crippen LogP contribution < -0.4 is 25.0 Å². The van der Waals surface area contributed by atoms with Crippen LogP contribution in [0.15, 0.2) is 66.7 Å². The fraction of sp³-hybridized carbons (Fsp3) is 0.259. The Hall–Kier alpha value is -4.00. The molecule has 0 unspecified atom stereocenters. The molecule has 1 aliphatic rings. The Morgan fingerprint density at radius 2 is 1.62 bits per heavy atom. The quantitative estimate of drug-likeness (QED) is 0.513. The topological polar surface area (TPSA) is 79.9 Å². The van der Waals surface area contributed by atoms with Crippen LogP contribution in [-0.2, 0) is 24.3 Å². The highest BCUT2D eigenvalue weighted by molar-refractivity contribution is 5.97. The molecule has 0 spiro atoms. The number of carbonyl (C=O) groups excluding carboxylic acids is 2. The van der Waals surface area contributed by atoms with Crippen LogP contribution in [0.3, 0.4) is 0 Å². The molecule has 3 aromatic carbocycles. The average Bonchev–Trinajstić information content (AvgIpc) is 3.29. The van der Waals surface area contributed by atoms with E-state index >= 15 is 0 Å². The van der Waals surface area contributed by atoms with Gasteiger partial charge in [0.2, 0.25) is 5.91 Å². The number of nitrogens with one attached hydrogen (secondary N) is 2. The predicted molar refractivity (Wildman–Crippen MR) is 131 cm³/mol. The largest absolute Gasteiger partial charge is 0.493 e. The van der Waals surface area contributed by atoms with E-state index in [9.17, 15) is 9.59 Å². The first kappa shape index (κ1) is 23.2. The lowest BCUT2D eigenvalue weighted by molar-refractivity contribution is -0.120. The molecule has 0 saturated carbocycles. The van der Waals surface area contributed by atoms with Gasteiger partial charge in [-0.25, -0.2) is 0 Å². The molecule has 3 aromatic rings. The molecule has 1 heterocycles. The zero-order valence-corrected chi connectivity index (χ0v) is 19.5. The van der Waals surface area contributed by atoms with E-state index < -0.39 is 0 Å². The van der Waals surface area contributed by atoms with Crippen LogP contribution in [-0.4, -0.2) is 39.1 Å². The fourth-order valence-electron chi connectivity index (χ4n) is 4.06. The number of methoxy groups -OCH3 is 2. The number of benzene rings is 3. The summed E-state index contributed by atoms with van der Waals surface area (Å²) in [5, 5.41) is 5.47. The van der Waals surface area contributed by atoms with Crippen LogP contribution >= 0.6 is 0 Å². The minimum Gasteiger partial charge on any atom is -0.493 e. The number of hydrogen-bond acceptors (Lipinski definition) is 5. The van der Waals surface area contributed by atoms with Gasteiger partial charge in [0.25, 0.3) is 5.91 Å². The molecule has 0 saturated heterocycles. The highest BCUT2D eigenvalue weighted by atomic mass is 16.5. The Bertz CT molecular complexity index is 1160. The molecular formula is C27H29N3O4. The lowest BCUT2D eigenvalue weighted by atomic mass is 10.1. The molecule has 34 heavy (non-hydrogen) atoms. The summed E-state index contributed by atoms with van der Waals surface area (Å²) in [5.41, 5.74) is 5.34. The standard InChI is InChI=1S/C27H29N3O4/c1-33-24-12-11-22(15-25(24)34-2)27(32)29-17-26(31)28-16-19-7-9-20(10-8-19)18-30-14-13-21-5-3-4-6-23(21)30/h3-12,15H,13-14,16-18H2,1-2H3,(H,28,31)(H,29,32). The van der Waals surface area contributed by atoms with E-state index in [1.54, 1.807) is 18.2 Å². The van der Waals surface area contributed by atoms with Gasteiger partial charge in [-0.15, -0.1) is 0 Å². The van der Waals surface area contributed by atoms with Crippen molar-refractivity contribution in [2.75, 3.05) is 32.2 Å². The molecule has 0 aromatic heterocycles. The van der Waals surface area contributed by atoms with Crippen molar-refractivity contribution in [3.63, 3.8) is 0 Å². The van der Waals surface area contributed by atoms with E-state index in [2.05, 4.69) is 51.9 Å². The highest BCUT2D eigenvalue weighted by Gasteiger charge is 2.18. The number of fused-ring (bicyclic) bond motifs is 1. The van der Waals surface area contributed by atoms with Crippen molar-refractivity contribution in [3.05, 3.63) is 89.0 Å². The summed E-state index contributed by atoms with van der Waals surface area (Å²) in [5.74, 6) is 0.376. The summed E-state index contributed by atoms with van der Waals surface area (Å²) < 4.78 is 10.4. The second kappa shape index (κ2) is 10.7. The van der Waals surface area contributed by atoms with Crippen LogP contribution in [0.25, 0.3) is 0 Å². The van der Waals surface area contributed by atoms with E-state index in [-0.39, 0.29) is 18.4 Å². The van der Waals surface area contributed by atoms with Crippen molar-refractivity contribution in [3.8, 4) is 11.5 Å². The van der Waals surface area contributed by atoms with Gasteiger partial charge in [-0.3, -0.25) is 9.59 Å². The first-order chi connectivity index (χ1) is 16.6. The summed E-state index contributed by atoms with van der Waals surface area (Å²) in [6, 6.07) is 21.6. The van der Waals surface area contributed by atoms with Gasteiger partial charge in [-0.05, 0) is 47.4 Å². The van der Waals surface area contributed by atoms with Gasteiger partial charge in [0.15, 0.2) is 11.5 Å². The highest BCUT2D eigenvalue weighted by Crippen LogP contribution is 2.29. The van der Waals surface area contributed by atoms with Crippen LogP contribution in [0.5, 0.6) is 11.5 Å². The SMILES string of the molecule is COc1ccc(C(=O)NCC(=O)NCc2ccc(CN3CCc4ccccc43)cc2)cc1OC. The number of para-hydroxylation sites is 1. The lowest BCUT2D eigenvalue weighted by Crippen LogP contribution is -2.36. The van der Waals surface area contributed by atoms with Crippen molar-refractivity contribution < 1.29 is 19.1 Å². The second-order valence-electron chi connectivity index (χ2n) is 8.15. The molecule has 176 valence electrons. The number of anilines is 1. The summed E-state index contributed by atoms with van der Waals surface area (Å²) >= 11 is 0. The van der Waals surface area contributed by atoms with E-state index in [0.717, 1.165) is 25.1 Å². The molecule has 0 fully saturated rings. The molecule has 7 heteroatoms. The predicted octanol–water partition coefficient (Wildman–Crippen LogP) is 3.31. The third-order valence-electron chi connectivity index (χ3n) is 5.92. The van der Waals surface area contributed by atoms with E-state index in [1.165, 1.54) is 31.0 Å². The molecular weight excluding hydrogens is 430 g/mol. The Kier molecular flexibility index (Phi) is 7.32. The van der Waals surface area contributed by atoms with Crippen molar-refractivity contribution in [2.24, 2.45) is 0 Å². The van der Waals surface area contributed by atoms with E-state index in [1.807, 2.05) is 12.1 Å². The Balaban J connectivity index is 1.23. The number of amides is 2. The molecule has 0 bridgehead atoms. The molecule has 0 aliphatic carbocycles. The van der Waals surface area contributed by atoms with Gasteiger partial charge in [-0.2, -0.15) is 0 Å². The molecule has 2 N–H and O–H groups in total. The number of nitrogens with zero attached hydrogens (tertiary/aromatic N) is 1. The first-order valence-electron chi connectivity index (χ1n) is 11.2. The summed E-state index contributed by atoms with van der Waals surface area (Å²) in [4.78, 5) is 27.0. The molecule has 7 nitrogen and oxygen atoms in total. The lowest BCUT2D eigenvalue weighted by Gasteiger charge is -2.19. The number of carbonyl (C=O) groups is 2. The molecule has 2 amide bonds. The number of hydrogen-bond donors (Lipinski definition) is 2. The third kappa shape index (κ3) is 5.49. The Morgan fingerprint density at radius 1 is 0.882 bits per heavy atom. The minimum absolute atomic E-state index is 0.111. The van der Waals surface area contributed by atoms with Crippen molar-refractivity contribution in [1.29, 1.82) is 0 Å². The minimum atomic E-state index is -0.357. The monoisotopic (exact) mass is 459 g/mol. The zero-order valence-electron chi connectivity index (χ0n) is 19.5.